The minimum Gasteiger partial charge on any atom is -0.451 e. The zero-order valence-corrected chi connectivity index (χ0v) is 16.6. The molecule has 1 amide bonds. The predicted molar refractivity (Wildman–Crippen MR) is 107 cm³/mol. The van der Waals surface area contributed by atoms with E-state index in [-0.39, 0.29) is 11.3 Å². The molecule has 27 heavy (non-hydrogen) atoms. The third kappa shape index (κ3) is 3.13. The molecule has 4 rings (SSSR count). The van der Waals surface area contributed by atoms with E-state index in [1.807, 2.05) is 74.5 Å². The van der Waals surface area contributed by atoms with Gasteiger partial charge in [-0.2, -0.15) is 0 Å². The van der Waals surface area contributed by atoms with Crippen LogP contribution in [0.25, 0.3) is 0 Å². The molecule has 2 saturated heterocycles. The fourth-order valence-corrected chi connectivity index (χ4v) is 5.64. The van der Waals surface area contributed by atoms with Gasteiger partial charge in [0.05, 0.1) is 0 Å². The van der Waals surface area contributed by atoms with Crippen LogP contribution in [0.1, 0.15) is 31.1 Å². The Bertz CT molecular complexity index is 819. The van der Waals surface area contributed by atoms with Crippen molar-refractivity contribution in [2.75, 3.05) is 0 Å². The number of ether oxygens (including phenoxy) is 1. The van der Waals surface area contributed by atoms with E-state index in [0.29, 0.717) is 0 Å². The van der Waals surface area contributed by atoms with Crippen LogP contribution in [-0.2, 0) is 14.3 Å². The summed E-state index contributed by atoms with van der Waals surface area (Å²) in [6.45, 7) is 3.91. The molecule has 0 N–H and O–H groups in total. The maximum absolute atomic E-state index is 13.2. The summed E-state index contributed by atoms with van der Waals surface area (Å²) in [5.41, 5.74) is 1.78. The van der Waals surface area contributed by atoms with Crippen molar-refractivity contribution in [3.63, 3.8) is 0 Å². The van der Waals surface area contributed by atoms with Gasteiger partial charge in [0, 0.05) is 4.75 Å². The van der Waals surface area contributed by atoms with Crippen molar-refractivity contribution in [2.45, 2.75) is 41.5 Å². The van der Waals surface area contributed by atoms with Gasteiger partial charge >= 0.3 is 5.97 Å². The highest BCUT2D eigenvalue weighted by Crippen LogP contribution is 2.52. The fraction of sp³-hybridized carbons (Fsp3) is 0.333. The molecule has 0 unspecified atom stereocenters. The van der Waals surface area contributed by atoms with Gasteiger partial charge in [-0.05, 0) is 25.0 Å². The number of benzene rings is 2. The number of fused-ring (bicyclic) bond motifs is 1. The first-order valence-electron chi connectivity index (χ1n) is 8.84. The zero-order chi connectivity index (χ0) is 19.2. The third-order valence-electron chi connectivity index (χ3n) is 5.04. The molecule has 3 atom stereocenters. The highest BCUT2D eigenvalue weighted by molar-refractivity contribution is 8.01. The van der Waals surface area contributed by atoms with E-state index < -0.39 is 28.2 Å². The van der Waals surface area contributed by atoms with Gasteiger partial charge < -0.3 is 9.64 Å². The molecule has 4 nitrogen and oxygen atoms in total. The van der Waals surface area contributed by atoms with Gasteiger partial charge in [0.1, 0.15) is 16.8 Å². The second kappa shape index (κ2) is 6.88. The molecule has 0 aromatic heterocycles. The number of alkyl halides is 1. The van der Waals surface area contributed by atoms with Crippen LogP contribution in [0.15, 0.2) is 60.7 Å². The van der Waals surface area contributed by atoms with Crippen molar-refractivity contribution in [1.82, 2.24) is 4.90 Å². The number of thioether (sulfide) groups is 1. The van der Waals surface area contributed by atoms with Crippen molar-refractivity contribution >= 4 is 35.2 Å². The van der Waals surface area contributed by atoms with Gasteiger partial charge in [-0.25, -0.2) is 4.79 Å². The Labute approximate surface area is 167 Å². The molecule has 2 aliphatic heterocycles. The van der Waals surface area contributed by atoms with E-state index in [4.69, 9.17) is 16.3 Å². The smallest absolute Gasteiger partial charge is 0.331 e. The van der Waals surface area contributed by atoms with Crippen LogP contribution in [0.3, 0.4) is 0 Å². The number of carbonyl (C=O) groups is 2. The number of esters is 1. The largest absolute Gasteiger partial charge is 0.451 e. The molecule has 0 radical (unpaired) electrons. The lowest BCUT2D eigenvalue weighted by atomic mass is 9.97. The standard InChI is InChI=1S/C21H20ClNO3S/c1-21(2)17(23-18(24)15(22)19(23)27-21)20(25)26-16(13-9-5-3-6-10-13)14-11-7-4-8-12-14/h3-12,15-17,19H,1-2H3/t15-,17+,19-/m1/s1. The summed E-state index contributed by atoms with van der Waals surface area (Å²) < 4.78 is 5.53. The Kier molecular flexibility index (Phi) is 4.68. The van der Waals surface area contributed by atoms with Gasteiger partial charge in [-0.1, -0.05) is 60.7 Å². The molecular formula is C21H20ClNO3S. The number of rotatable bonds is 4. The summed E-state index contributed by atoms with van der Waals surface area (Å²) in [6, 6.07) is 18.6. The fourth-order valence-electron chi connectivity index (χ4n) is 3.71. The Morgan fingerprint density at radius 2 is 1.59 bits per heavy atom. The van der Waals surface area contributed by atoms with Gasteiger partial charge in [0.15, 0.2) is 6.10 Å². The third-order valence-corrected chi connectivity index (χ3v) is 7.18. The van der Waals surface area contributed by atoms with Crippen molar-refractivity contribution < 1.29 is 14.3 Å². The minimum atomic E-state index is -0.648. The summed E-state index contributed by atoms with van der Waals surface area (Å²) >= 11 is 7.69. The van der Waals surface area contributed by atoms with Crippen LogP contribution in [0, 0.1) is 0 Å². The normalized spacial score (nSPS) is 25.9. The molecule has 2 aliphatic rings. The Morgan fingerprint density at radius 3 is 2.11 bits per heavy atom. The van der Waals surface area contributed by atoms with Crippen LogP contribution >= 0.6 is 23.4 Å². The summed E-state index contributed by atoms with van der Waals surface area (Å²) in [7, 11) is 0. The second-order valence-corrected chi connectivity index (χ2v) is 9.54. The highest BCUT2D eigenvalue weighted by Gasteiger charge is 2.63. The Morgan fingerprint density at radius 1 is 1.07 bits per heavy atom. The average Bonchev–Trinajstić information content (AvgIpc) is 2.95. The van der Waals surface area contributed by atoms with Crippen LogP contribution in [0.4, 0.5) is 0 Å². The van der Waals surface area contributed by atoms with Crippen LogP contribution < -0.4 is 0 Å². The first-order valence-corrected chi connectivity index (χ1v) is 10.2. The average molecular weight is 402 g/mol. The molecule has 6 heteroatoms. The summed E-state index contributed by atoms with van der Waals surface area (Å²) in [5.74, 6) is -0.595. The Hall–Kier alpha value is -1.98. The number of amides is 1. The molecule has 2 aromatic carbocycles. The molecule has 0 bridgehead atoms. The van der Waals surface area contributed by atoms with E-state index in [0.717, 1.165) is 11.1 Å². The summed E-state index contributed by atoms with van der Waals surface area (Å²) in [6.07, 6.45) is -0.525. The lowest BCUT2D eigenvalue weighted by Gasteiger charge is -2.41. The van der Waals surface area contributed by atoms with Gasteiger partial charge in [0.25, 0.3) is 0 Å². The topological polar surface area (TPSA) is 46.6 Å². The van der Waals surface area contributed by atoms with Gasteiger partial charge in [-0.15, -0.1) is 23.4 Å². The van der Waals surface area contributed by atoms with Gasteiger partial charge in [0.2, 0.25) is 5.91 Å². The summed E-state index contributed by atoms with van der Waals surface area (Å²) in [5, 5.41) is -0.732. The molecular weight excluding hydrogens is 382 g/mol. The number of carbonyl (C=O) groups excluding carboxylic acids is 2. The van der Waals surface area contributed by atoms with Crippen molar-refractivity contribution in [3.8, 4) is 0 Å². The predicted octanol–water partition coefficient (Wildman–Crippen LogP) is 3.99. The molecule has 2 fully saturated rings. The molecule has 2 heterocycles. The lowest BCUT2D eigenvalue weighted by molar-refractivity contribution is -0.163. The number of nitrogens with zero attached hydrogens (tertiary/aromatic N) is 1. The van der Waals surface area contributed by atoms with Crippen LogP contribution in [-0.4, -0.2) is 38.3 Å². The van der Waals surface area contributed by atoms with E-state index in [1.165, 1.54) is 0 Å². The number of hydrogen-bond donors (Lipinski definition) is 0. The van der Waals surface area contributed by atoms with E-state index in [9.17, 15) is 9.59 Å². The molecule has 0 aliphatic carbocycles. The SMILES string of the molecule is CC1(C)S[C@@H]2[C@H](Cl)C(=O)N2[C@H]1C(=O)OC(c1ccccc1)c1ccccc1. The van der Waals surface area contributed by atoms with Gasteiger partial charge in [-0.3, -0.25) is 4.79 Å². The molecule has 0 spiro atoms. The lowest BCUT2D eigenvalue weighted by Crippen LogP contribution is -2.63. The second-order valence-electron chi connectivity index (χ2n) is 7.30. The maximum atomic E-state index is 13.2. The van der Waals surface area contributed by atoms with E-state index >= 15 is 0 Å². The zero-order valence-electron chi connectivity index (χ0n) is 15.0. The molecule has 2 aromatic rings. The quantitative estimate of drug-likeness (QED) is 0.441. The van der Waals surface area contributed by atoms with Crippen LogP contribution in [0.2, 0.25) is 0 Å². The van der Waals surface area contributed by atoms with Crippen LogP contribution in [0.5, 0.6) is 0 Å². The number of β-lactam (4-membered cyclic amide) rings is 1. The van der Waals surface area contributed by atoms with Crippen molar-refractivity contribution in [1.29, 1.82) is 0 Å². The summed E-state index contributed by atoms with van der Waals surface area (Å²) in [4.78, 5) is 27.0. The van der Waals surface area contributed by atoms with Crippen molar-refractivity contribution in [2.24, 2.45) is 0 Å². The molecule has 140 valence electrons. The van der Waals surface area contributed by atoms with E-state index in [1.54, 1.807) is 16.7 Å². The monoisotopic (exact) mass is 401 g/mol. The van der Waals surface area contributed by atoms with Crippen molar-refractivity contribution in [3.05, 3.63) is 71.8 Å². The first kappa shape index (κ1) is 18.4. The van der Waals surface area contributed by atoms with E-state index in [2.05, 4.69) is 0 Å². The number of hydrogen-bond acceptors (Lipinski definition) is 4. The minimum absolute atomic E-state index is 0.168. The molecule has 0 saturated carbocycles. The Balaban J connectivity index is 1.64. The maximum Gasteiger partial charge on any atom is 0.331 e. The highest BCUT2D eigenvalue weighted by atomic mass is 35.5. The number of halogens is 1. The first-order chi connectivity index (χ1) is 12.9.